The molecule has 2 N–H and O–H groups in total. The lowest BCUT2D eigenvalue weighted by molar-refractivity contribution is 0.0533. The third kappa shape index (κ3) is 3.15. The van der Waals surface area contributed by atoms with E-state index in [9.17, 15) is 4.79 Å². The van der Waals surface area contributed by atoms with Crippen molar-refractivity contribution in [2.24, 2.45) is 0 Å². The third-order valence-electron chi connectivity index (χ3n) is 4.17. The van der Waals surface area contributed by atoms with Crippen molar-refractivity contribution >= 4 is 50.5 Å². The Kier molecular flexibility index (Phi) is 5.02. The van der Waals surface area contributed by atoms with Crippen molar-refractivity contribution in [3.05, 3.63) is 17.0 Å². The Labute approximate surface area is 145 Å². The summed E-state index contributed by atoms with van der Waals surface area (Å²) in [4.78, 5) is 16.3. The zero-order valence-corrected chi connectivity index (χ0v) is 15.2. The molecular formula is C17H22N2O2S2. The number of piperidine rings is 1. The number of rotatable bonds is 4. The first-order valence-corrected chi connectivity index (χ1v) is 10.0. The number of carbonyl (C=O) groups excluding carboxylic acids is 1. The molecule has 3 rings (SSSR count). The van der Waals surface area contributed by atoms with Gasteiger partial charge in [-0.2, -0.15) is 0 Å². The molecule has 1 aliphatic rings. The number of nitrogen functional groups attached to an aromatic ring is 1. The molecule has 0 saturated carbocycles. The number of anilines is 2. The van der Waals surface area contributed by atoms with Crippen molar-refractivity contribution in [3.63, 3.8) is 0 Å². The molecule has 0 unspecified atom stereocenters. The average Bonchev–Trinajstić information content (AvgIpc) is 2.92. The van der Waals surface area contributed by atoms with Crippen molar-refractivity contribution in [1.82, 2.24) is 0 Å². The summed E-state index contributed by atoms with van der Waals surface area (Å²) in [7, 11) is 0. The molecule has 23 heavy (non-hydrogen) atoms. The molecule has 0 spiro atoms. The van der Waals surface area contributed by atoms with E-state index in [0.29, 0.717) is 17.2 Å². The summed E-state index contributed by atoms with van der Waals surface area (Å²) in [5.41, 5.74) is 8.07. The second kappa shape index (κ2) is 7.01. The first-order chi connectivity index (χ1) is 11.2. The number of thioether (sulfide) groups is 1. The summed E-state index contributed by atoms with van der Waals surface area (Å²) >= 11 is 3.16. The number of nitrogens with two attached hydrogens (primary N) is 1. The molecule has 1 aliphatic heterocycles. The summed E-state index contributed by atoms with van der Waals surface area (Å²) in [6.45, 7) is 4.28. The van der Waals surface area contributed by atoms with Gasteiger partial charge in [0.25, 0.3) is 0 Å². The molecule has 4 nitrogen and oxygen atoms in total. The monoisotopic (exact) mass is 350 g/mol. The summed E-state index contributed by atoms with van der Waals surface area (Å²) in [6.07, 6.45) is 5.78. The summed E-state index contributed by atoms with van der Waals surface area (Å²) in [5.74, 6) is -0.318. The van der Waals surface area contributed by atoms with E-state index < -0.39 is 0 Å². The first-order valence-electron chi connectivity index (χ1n) is 7.97. The molecule has 2 aromatic rings. The van der Waals surface area contributed by atoms with Crippen molar-refractivity contribution in [2.45, 2.75) is 31.1 Å². The molecule has 0 radical (unpaired) electrons. The second-order valence-electron chi connectivity index (χ2n) is 5.63. The maximum Gasteiger partial charge on any atom is 0.350 e. The van der Waals surface area contributed by atoms with Gasteiger partial charge in [0, 0.05) is 33.8 Å². The summed E-state index contributed by atoms with van der Waals surface area (Å²) in [5, 5.41) is 1.01. The number of hydrogen-bond donors (Lipinski definition) is 1. The number of hydrogen-bond acceptors (Lipinski definition) is 6. The van der Waals surface area contributed by atoms with Gasteiger partial charge in [0.2, 0.25) is 0 Å². The molecule has 6 heteroatoms. The zero-order chi connectivity index (χ0) is 16.4. The molecule has 1 saturated heterocycles. The van der Waals surface area contributed by atoms with Crippen LogP contribution in [0.4, 0.5) is 11.4 Å². The lowest BCUT2D eigenvalue weighted by Crippen LogP contribution is -2.29. The summed E-state index contributed by atoms with van der Waals surface area (Å²) < 4.78 is 6.22. The van der Waals surface area contributed by atoms with Crippen LogP contribution in [0.15, 0.2) is 17.0 Å². The van der Waals surface area contributed by atoms with Crippen LogP contribution in [0.1, 0.15) is 35.9 Å². The van der Waals surface area contributed by atoms with Gasteiger partial charge in [-0.15, -0.1) is 23.1 Å². The van der Waals surface area contributed by atoms with Gasteiger partial charge in [-0.1, -0.05) is 0 Å². The molecule has 0 amide bonds. The van der Waals surface area contributed by atoms with Gasteiger partial charge in [-0.25, -0.2) is 4.79 Å². The third-order valence-corrected chi connectivity index (χ3v) is 6.01. The highest BCUT2D eigenvalue weighted by Gasteiger charge is 2.23. The van der Waals surface area contributed by atoms with Crippen LogP contribution >= 0.6 is 23.1 Å². The van der Waals surface area contributed by atoms with Crippen molar-refractivity contribution in [1.29, 1.82) is 0 Å². The van der Waals surface area contributed by atoms with Gasteiger partial charge in [-0.3, -0.25) is 0 Å². The molecule has 1 aromatic heterocycles. The Morgan fingerprint density at radius 3 is 2.74 bits per heavy atom. The fourth-order valence-electron chi connectivity index (χ4n) is 3.06. The number of nitrogens with zero attached hydrogens (tertiary/aromatic N) is 1. The van der Waals surface area contributed by atoms with E-state index >= 15 is 0 Å². The fraction of sp³-hybridized carbons (Fsp3) is 0.471. The van der Waals surface area contributed by atoms with Gasteiger partial charge >= 0.3 is 5.97 Å². The minimum absolute atomic E-state index is 0.318. The normalized spacial score (nSPS) is 15.1. The van der Waals surface area contributed by atoms with Gasteiger partial charge in [-0.05, 0) is 44.6 Å². The Hall–Kier alpha value is -1.40. The lowest BCUT2D eigenvalue weighted by Gasteiger charge is -2.30. The number of thiophene rings is 1. The number of carbonyl (C=O) groups is 1. The molecule has 1 aromatic carbocycles. The topological polar surface area (TPSA) is 55.6 Å². The SMILES string of the molecule is CCOC(=O)c1sc2cc(SC)cc(N3CCCCC3)c2c1N. The van der Waals surface area contributed by atoms with Gasteiger partial charge in [0.05, 0.1) is 12.3 Å². The van der Waals surface area contributed by atoms with Crippen LogP contribution in [-0.4, -0.2) is 31.9 Å². The minimum Gasteiger partial charge on any atom is -0.462 e. The molecule has 1 fully saturated rings. The predicted octanol–water partition coefficient (Wildman–Crippen LogP) is 4.37. The van der Waals surface area contributed by atoms with Gasteiger partial charge in [0.15, 0.2) is 0 Å². The molecule has 0 aliphatic carbocycles. The number of benzene rings is 1. The standard InChI is InChI=1S/C17H22N2O2S2/c1-3-21-17(20)16-15(18)14-12(19-7-5-4-6-8-19)9-11(22-2)10-13(14)23-16/h9-10H,3-8,18H2,1-2H3. The highest BCUT2D eigenvalue weighted by molar-refractivity contribution is 7.98. The van der Waals surface area contributed by atoms with Crippen LogP contribution in [0.25, 0.3) is 10.1 Å². The van der Waals surface area contributed by atoms with Crippen LogP contribution in [0.2, 0.25) is 0 Å². The zero-order valence-electron chi connectivity index (χ0n) is 13.6. The minimum atomic E-state index is -0.318. The Balaban J connectivity index is 2.14. The second-order valence-corrected chi connectivity index (χ2v) is 7.56. The van der Waals surface area contributed by atoms with Gasteiger partial charge < -0.3 is 15.4 Å². The highest BCUT2D eigenvalue weighted by Crippen LogP contribution is 2.43. The van der Waals surface area contributed by atoms with E-state index in [2.05, 4.69) is 23.3 Å². The van der Waals surface area contributed by atoms with Crippen molar-refractivity contribution < 1.29 is 9.53 Å². The van der Waals surface area contributed by atoms with E-state index in [1.165, 1.54) is 35.5 Å². The lowest BCUT2D eigenvalue weighted by atomic mass is 10.1. The first kappa shape index (κ1) is 16.5. The number of esters is 1. The number of ether oxygens (including phenoxy) is 1. The van der Waals surface area contributed by atoms with E-state index in [1.54, 1.807) is 11.8 Å². The predicted molar refractivity (Wildman–Crippen MR) is 100 cm³/mol. The van der Waals surface area contributed by atoms with E-state index in [-0.39, 0.29) is 5.97 Å². The van der Waals surface area contributed by atoms with Crippen LogP contribution in [0.3, 0.4) is 0 Å². The van der Waals surface area contributed by atoms with Crippen molar-refractivity contribution in [2.75, 3.05) is 36.6 Å². The van der Waals surface area contributed by atoms with Crippen LogP contribution in [0, 0.1) is 0 Å². The maximum atomic E-state index is 12.2. The highest BCUT2D eigenvalue weighted by atomic mass is 32.2. The van der Waals surface area contributed by atoms with Crippen LogP contribution in [0.5, 0.6) is 0 Å². The van der Waals surface area contributed by atoms with Gasteiger partial charge in [0.1, 0.15) is 4.88 Å². The average molecular weight is 351 g/mol. The summed E-state index contributed by atoms with van der Waals surface area (Å²) in [6, 6.07) is 4.33. The largest absolute Gasteiger partial charge is 0.462 e. The Morgan fingerprint density at radius 2 is 2.09 bits per heavy atom. The molecular weight excluding hydrogens is 328 g/mol. The van der Waals surface area contributed by atoms with E-state index in [1.807, 2.05) is 6.92 Å². The number of fused-ring (bicyclic) bond motifs is 1. The van der Waals surface area contributed by atoms with Crippen molar-refractivity contribution in [3.8, 4) is 0 Å². The van der Waals surface area contributed by atoms with E-state index in [0.717, 1.165) is 28.9 Å². The van der Waals surface area contributed by atoms with Crippen LogP contribution in [-0.2, 0) is 4.74 Å². The van der Waals surface area contributed by atoms with E-state index in [4.69, 9.17) is 10.5 Å². The molecule has 0 atom stereocenters. The fourth-order valence-corrected chi connectivity index (χ4v) is 4.67. The maximum absolute atomic E-state index is 12.2. The Morgan fingerprint density at radius 1 is 1.35 bits per heavy atom. The smallest absolute Gasteiger partial charge is 0.350 e. The molecule has 0 bridgehead atoms. The molecule has 124 valence electrons. The molecule has 2 heterocycles. The quantitative estimate of drug-likeness (QED) is 0.655. The Bertz CT molecular complexity index is 721. The van der Waals surface area contributed by atoms with Crippen LogP contribution < -0.4 is 10.6 Å².